The van der Waals surface area contributed by atoms with Gasteiger partial charge in [-0.1, -0.05) is 12.1 Å². The van der Waals surface area contributed by atoms with Crippen LogP contribution in [0.1, 0.15) is 12.0 Å². The van der Waals surface area contributed by atoms with Crippen LogP contribution in [-0.4, -0.2) is 44.4 Å². The van der Waals surface area contributed by atoms with Crippen molar-refractivity contribution in [2.45, 2.75) is 19.0 Å². The molecule has 0 spiro atoms. The van der Waals surface area contributed by atoms with Crippen LogP contribution in [0.5, 0.6) is 5.75 Å². The van der Waals surface area contributed by atoms with Crippen LogP contribution in [0, 0.1) is 0 Å². The second kappa shape index (κ2) is 6.73. The summed E-state index contributed by atoms with van der Waals surface area (Å²) in [6.07, 6.45) is 1.12. The minimum Gasteiger partial charge on any atom is -0.492 e. The lowest BCUT2D eigenvalue weighted by Gasteiger charge is -2.22. The maximum atomic E-state index is 5.74. The average molecular weight is 250 g/mol. The monoisotopic (exact) mass is 250 g/mol. The summed E-state index contributed by atoms with van der Waals surface area (Å²) in [7, 11) is 2.12. The van der Waals surface area contributed by atoms with Crippen molar-refractivity contribution in [3.63, 3.8) is 0 Å². The fraction of sp³-hybridized carbons (Fsp3) is 0.571. The van der Waals surface area contributed by atoms with Gasteiger partial charge in [0, 0.05) is 25.7 Å². The molecule has 100 valence electrons. The lowest BCUT2D eigenvalue weighted by molar-refractivity contribution is 0.147. The zero-order valence-electron chi connectivity index (χ0n) is 11.0. The average Bonchev–Trinajstić information content (AvgIpc) is 2.93. The van der Waals surface area contributed by atoms with Gasteiger partial charge in [-0.25, -0.2) is 0 Å². The van der Waals surface area contributed by atoms with Crippen molar-refractivity contribution in [1.82, 2.24) is 4.90 Å². The van der Waals surface area contributed by atoms with Crippen molar-refractivity contribution in [2.75, 3.05) is 33.4 Å². The van der Waals surface area contributed by atoms with Crippen LogP contribution in [0.25, 0.3) is 0 Å². The first-order chi connectivity index (χ1) is 8.79. The molecule has 1 heterocycles. The van der Waals surface area contributed by atoms with Gasteiger partial charge in [0.15, 0.2) is 0 Å². The molecule has 1 atom stereocenters. The van der Waals surface area contributed by atoms with E-state index in [1.807, 2.05) is 24.3 Å². The van der Waals surface area contributed by atoms with Crippen LogP contribution in [0.15, 0.2) is 24.3 Å². The van der Waals surface area contributed by atoms with E-state index in [2.05, 4.69) is 11.9 Å². The zero-order valence-corrected chi connectivity index (χ0v) is 11.0. The summed E-state index contributed by atoms with van der Waals surface area (Å²) >= 11 is 0. The van der Waals surface area contributed by atoms with E-state index in [4.69, 9.17) is 15.2 Å². The molecule has 1 aliphatic heterocycles. The number of likely N-dealkylation sites (N-methyl/N-ethyl adjacent to an activating group) is 1. The molecule has 0 aliphatic carbocycles. The van der Waals surface area contributed by atoms with E-state index < -0.39 is 0 Å². The van der Waals surface area contributed by atoms with Crippen LogP contribution >= 0.6 is 0 Å². The molecule has 0 radical (unpaired) electrons. The van der Waals surface area contributed by atoms with Crippen molar-refractivity contribution in [1.29, 1.82) is 0 Å². The number of nitrogens with two attached hydrogens (primary N) is 1. The van der Waals surface area contributed by atoms with E-state index in [0.717, 1.165) is 37.5 Å². The topological polar surface area (TPSA) is 47.7 Å². The minimum absolute atomic E-state index is 0.545. The van der Waals surface area contributed by atoms with Gasteiger partial charge in [-0.15, -0.1) is 0 Å². The van der Waals surface area contributed by atoms with Gasteiger partial charge in [0.1, 0.15) is 12.4 Å². The highest BCUT2D eigenvalue weighted by Crippen LogP contribution is 2.14. The molecule has 1 aromatic rings. The highest BCUT2D eigenvalue weighted by atomic mass is 16.5. The summed E-state index contributed by atoms with van der Waals surface area (Å²) in [6.45, 7) is 3.89. The first-order valence-corrected chi connectivity index (χ1v) is 6.49. The largest absolute Gasteiger partial charge is 0.492 e. The Hall–Kier alpha value is -1.10. The summed E-state index contributed by atoms with van der Waals surface area (Å²) in [6, 6.07) is 8.50. The molecule has 2 rings (SSSR count). The molecule has 1 unspecified atom stereocenters. The van der Waals surface area contributed by atoms with E-state index in [1.165, 1.54) is 0 Å². The highest BCUT2D eigenvalue weighted by Gasteiger charge is 2.19. The fourth-order valence-corrected chi connectivity index (χ4v) is 2.12. The van der Waals surface area contributed by atoms with Gasteiger partial charge < -0.3 is 15.2 Å². The molecule has 1 aromatic carbocycles. The van der Waals surface area contributed by atoms with Crippen LogP contribution < -0.4 is 10.5 Å². The predicted octanol–water partition coefficient (Wildman–Crippen LogP) is 1.24. The van der Waals surface area contributed by atoms with Gasteiger partial charge in [0.25, 0.3) is 0 Å². The van der Waals surface area contributed by atoms with Crippen molar-refractivity contribution in [3.05, 3.63) is 29.8 Å². The van der Waals surface area contributed by atoms with E-state index in [-0.39, 0.29) is 0 Å². The molecule has 2 N–H and O–H groups in total. The van der Waals surface area contributed by atoms with Crippen LogP contribution in [0.4, 0.5) is 0 Å². The lowest BCUT2D eigenvalue weighted by Crippen LogP contribution is -2.35. The number of rotatable bonds is 6. The second-order valence-corrected chi connectivity index (χ2v) is 4.70. The number of benzene rings is 1. The quantitative estimate of drug-likeness (QED) is 0.825. The van der Waals surface area contributed by atoms with Gasteiger partial charge in [-0.05, 0) is 31.2 Å². The number of hydrogen-bond donors (Lipinski definition) is 1. The van der Waals surface area contributed by atoms with Crippen LogP contribution in [-0.2, 0) is 11.3 Å². The lowest BCUT2D eigenvalue weighted by atomic mass is 10.2. The number of ether oxygens (including phenoxy) is 2. The molecule has 0 aromatic heterocycles. The van der Waals surface area contributed by atoms with Crippen molar-refractivity contribution < 1.29 is 9.47 Å². The Morgan fingerprint density at radius 1 is 1.50 bits per heavy atom. The standard InChI is InChI=1S/C14H22N2O2/c1-16(13-5-7-17-11-13)6-8-18-14-4-2-3-12(9-14)10-15/h2-4,9,13H,5-8,10-11,15H2,1H3. The summed E-state index contributed by atoms with van der Waals surface area (Å²) < 4.78 is 11.1. The predicted molar refractivity (Wildman–Crippen MR) is 71.7 cm³/mol. The van der Waals surface area contributed by atoms with Crippen molar-refractivity contribution >= 4 is 0 Å². The third-order valence-electron chi connectivity index (χ3n) is 3.38. The Balaban J connectivity index is 1.73. The molecular formula is C14H22N2O2. The third kappa shape index (κ3) is 3.70. The fourth-order valence-electron chi connectivity index (χ4n) is 2.12. The Morgan fingerprint density at radius 2 is 2.39 bits per heavy atom. The molecule has 4 heteroatoms. The second-order valence-electron chi connectivity index (χ2n) is 4.70. The van der Waals surface area contributed by atoms with E-state index in [1.54, 1.807) is 0 Å². The van der Waals surface area contributed by atoms with Crippen LogP contribution in [0.2, 0.25) is 0 Å². The number of nitrogens with zero attached hydrogens (tertiary/aromatic N) is 1. The highest BCUT2D eigenvalue weighted by molar-refractivity contribution is 5.28. The SMILES string of the molecule is CN(CCOc1cccc(CN)c1)C1CCOC1. The molecule has 18 heavy (non-hydrogen) atoms. The Bertz CT molecular complexity index is 365. The normalized spacial score (nSPS) is 19.4. The molecule has 0 amide bonds. The van der Waals surface area contributed by atoms with E-state index in [9.17, 15) is 0 Å². The van der Waals surface area contributed by atoms with E-state index >= 15 is 0 Å². The van der Waals surface area contributed by atoms with E-state index in [0.29, 0.717) is 19.2 Å². The van der Waals surface area contributed by atoms with Crippen molar-refractivity contribution in [2.24, 2.45) is 5.73 Å². The first kappa shape index (κ1) is 13.3. The summed E-state index contributed by atoms with van der Waals surface area (Å²) in [5.41, 5.74) is 6.70. The molecule has 1 fully saturated rings. The maximum Gasteiger partial charge on any atom is 0.119 e. The Morgan fingerprint density at radius 3 is 3.11 bits per heavy atom. The smallest absolute Gasteiger partial charge is 0.119 e. The Kier molecular flexibility index (Phi) is 4.99. The molecule has 1 saturated heterocycles. The maximum absolute atomic E-state index is 5.74. The molecule has 4 nitrogen and oxygen atoms in total. The first-order valence-electron chi connectivity index (χ1n) is 6.49. The molecule has 1 aliphatic rings. The Labute approximate surface area is 109 Å². The summed E-state index contributed by atoms with van der Waals surface area (Å²) in [5, 5.41) is 0. The third-order valence-corrected chi connectivity index (χ3v) is 3.38. The molecular weight excluding hydrogens is 228 g/mol. The van der Waals surface area contributed by atoms with Gasteiger partial charge in [0.05, 0.1) is 6.61 Å². The number of hydrogen-bond acceptors (Lipinski definition) is 4. The molecule has 0 bridgehead atoms. The van der Waals surface area contributed by atoms with Crippen molar-refractivity contribution in [3.8, 4) is 5.75 Å². The van der Waals surface area contributed by atoms with Gasteiger partial charge in [-0.3, -0.25) is 4.90 Å². The summed E-state index contributed by atoms with van der Waals surface area (Å²) in [4.78, 5) is 2.31. The van der Waals surface area contributed by atoms with Crippen LogP contribution in [0.3, 0.4) is 0 Å². The van der Waals surface area contributed by atoms with Gasteiger partial charge in [0.2, 0.25) is 0 Å². The van der Waals surface area contributed by atoms with Gasteiger partial charge >= 0.3 is 0 Å². The minimum atomic E-state index is 0.545. The molecule has 0 saturated carbocycles. The zero-order chi connectivity index (χ0) is 12.8. The van der Waals surface area contributed by atoms with Gasteiger partial charge in [-0.2, -0.15) is 0 Å². The summed E-state index contributed by atoms with van der Waals surface area (Å²) in [5.74, 6) is 0.897.